The van der Waals surface area contributed by atoms with Crippen molar-refractivity contribution in [3.8, 4) is 22.3 Å². The smallest absolute Gasteiger partial charge is 0.0978 e. The van der Waals surface area contributed by atoms with Gasteiger partial charge in [-0.1, -0.05) is 133 Å². The molecule has 2 heterocycles. The number of hydrogen-bond donors (Lipinski definition) is 0. The van der Waals surface area contributed by atoms with E-state index in [1.165, 1.54) is 16.3 Å². The summed E-state index contributed by atoms with van der Waals surface area (Å²) in [7, 11) is 0. The first-order valence-corrected chi connectivity index (χ1v) is 20.3. The van der Waals surface area contributed by atoms with Gasteiger partial charge in [0.2, 0.25) is 0 Å². The van der Waals surface area contributed by atoms with E-state index in [2.05, 4.69) is 228 Å². The Bertz CT molecular complexity index is 3270. The molecule has 0 bridgehead atoms. The van der Waals surface area contributed by atoms with Crippen molar-refractivity contribution in [3.63, 3.8) is 0 Å². The molecule has 0 aliphatic carbocycles. The molecule has 0 spiro atoms. The average Bonchev–Trinajstić information content (AvgIpc) is 3.32. The first-order valence-electron chi connectivity index (χ1n) is 20.3. The van der Waals surface area contributed by atoms with Crippen molar-refractivity contribution < 1.29 is 0 Å². The molecule has 0 saturated heterocycles. The Morgan fingerprint density at radius 3 is 1.58 bits per heavy atom. The molecule has 0 unspecified atom stereocenters. The van der Waals surface area contributed by atoms with Crippen molar-refractivity contribution in [2.24, 2.45) is 0 Å². The molecule has 4 heteroatoms. The van der Waals surface area contributed by atoms with Gasteiger partial charge < -0.3 is 9.80 Å². The lowest BCUT2D eigenvalue weighted by Gasteiger charge is -2.28. The van der Waals surface area contributed by atoms with Crippen LogP contribution in [0.15, 0.2) is 231 Å². The lowest BCUT2D eigenvalue weighted by Crippen LogP contribution is -2.12. The van der Waals surface area contributed by atoms with E-state index in [1.54, 1.807) is 0 Å². The van der Waals surface area contributed by atoms with Crippen LogP contribution >= 0.6 is 0 Å². The van der Waals surface area contributed by atoms with Crippen molar-refractivity contribution >= 4 is 77.6 Å². The highest BCUT2D eigenvalue weighted by Crippen LogP contribution is 2.42. The van der Waals surface area contributed by atoms with Crippen molar-refractivity contribution in [2.75, 3.05) is 9.80 Å². The van der Waals surface area contributed by atoms with Gasteiger partial charge in [0, 0.05) is 62.0 Å². The summed E-state index contributed by atoms with van der Waals surface area (Å²) < 4.78 is 0. The van der Waals surface area contributed by atoms with Gasteiger partial charge in [0.05, 0.1) is 16.6 Å². The second kappa shape index (κ2) is 15.0. The minimum atomic E-state index is 0.920. The maximum Gasteiger partial charge on any atom is 0.0978 e. The number of para-hydroxylation sites is 3. The second-order valence-corrected chi connectivity index (χ2v) is 15.1. The van der Waals surface area contributed by atoms with Gasteiger partial charge in [0.15, 0.2) is 0 Å². The number of nitrogens with zero attached hydrogens (tertiary/aromatic N) is 4. The lowest BCUT2D eigenvalue weighted by molar-refractivity contribution is 1.26. The first-order chi connectivity index (χ1) is 29.7. The monoisotopic (exact) mass is 766 g/mol. The van der Waals surface area contributed by atoms with Crippen LogP contribution in [0.25, 0.3) is 65.7 Å². The van der Waals surface area contributed by atoms with Crippen molar-refractivity contribution in [1.82, 2.24) is 9.97 Å². The zero-order chi connectivity index (χ0) is 39.8. The highest BCUT2D eigenvalue weighted by atomic mass is 15.2. The zero-order valence-corrected chi connectivity index (χ0v) is 32.7. The van der Waals surface area contributed by atoms with E-state index < -0.39 is 0 Å². The number of fused-ring (bicyclic) bond motifs is 5. The fraction of sp³-hybridized carbons (Fsp3) is 0. The maximum absolute atomic E-state index is 5.14. The maximum atomic E-state index is 5.14. The van der Waals surface area contributed by atoms with Crippen molar-refractivity contribution in [1.29, 1.82) is 0 Å². The Morgan fingerprint density at radius 2 is 0.850 bits per heavy atom. The molecule has 2 aromatic heterocycles. The topological polar surface area (TPSA) is 32.3 Å². The fourth-order valence-electron chi connectivity index (χ4n) is 8.58. The van der Waals surface area contributed by atoms with Crippen LogP contribution in [-0.2, 0) is 0 Å². The molecule has 9 aromatic carbocycles. The molecule has 0 amide bonds. The summed E-state index contributed by atoms with van der Waals surface area (Å²) in [5.74, 6) is 0. The minimum Gasteiger partial charge on any atom is -0.311 e. The number of pyridine rings is 2. The molecular weight excluding hydrogens is 729 g/mol. The van der Waals surface area contributed by atoms with Crippen LogP contribution in [0.4, 0.5) is 34.1 Å². The summed E-state index contributed by atoms with van der Waals surface area (Å²) in [4.78, 5) is 14.5. The van der Waals surface area contributed by atoms with Crippen LogP contribution in [0.2, 0.25) is 0 Å². The van der Waals surface area contributed by atoms with E-state index in [0.717, 1.165) is 83.5 Å². The van der Waals surface area contributed by atoms with E-state index in [0.29, 0.717) is 0 Å². The number of rotatable bonds is 8. The third-order valence-corrected chi connectivity index (χ3v) is 11.4. The van der Waals surface area contributed by atoms with E-state index in [1.807, 2.05) is 12.3 Å². The highest BCUT2D eigenvalue weighted by molar-refractivity contribution is 6.16. The molecule has 0 saturated carbocycles. The molecule has 0 radical (unpaired) electrons. The predicted molar refractivity (Wildman–Crippen MR) is 252 cm³/mol. The summed E-state index contributed by atoms with van der Waals surface area (Å²) >= 11 is 0. The Kier molecular flexibility index (Phi) is 8.79. The summed E-state index contributed by atoms with van der Waals surface area (Å²) in [5, 5.41) is 5.72. The number of hydrogen-bond acceptors (Lipinski definition) is 4. The van der Waals surface area contributed by atoms with Crippen LogP contribution in [0.3, 0.4) is 0 Å². The van der Waals surface area contributed by atoms with Gasteiger partial charge in [0.25, 0.3) is 0 Å². The molecule has 11 aromatic rings. The third kappa shape index (κ3) is 6.37. The minimum absolute atomic E-state index is 0.920. The Hall–Kier alpha value is -8.08. The van der Waals surface area contributed by atoms with Crippen molar-refractivity contribution in [3.05, 3.63) is 231 Å². The van der Waals surface area contributed by atoms with Gasteiger partial charge in [0.1, 0.15) is 0 Å². The highest BCUT2D eigenvalue weighted by Gasteiger charge is 2.18. The normalized spacial score (nSPS) is 11.3. The Balaban J connectivity index is 0.993. The van der Waals surface area contributed by atoms with Crippen LogP contribution < -0.4 is 9.80 Å². The van der Waals surface area contributed by atoms with Crippen LogP contribution in [-0.4, -0.2) is 9.97 Å². The predicted octanol–water partition coefficient (Wildman–Crippen LogP) is 15.4. The molecule has 60 heavy (non-hydrogen) atoms. The zero-order valence-electron chi connectivity index (χ0n) is 32.7. The summed E-state index contributed by atoms with van der Waals surface area (Å²) in [6.07, 6.45) is 1.85. The largest absolute Gasteiger partial charge is 0.311 e. The average molecular weight is 767 g/mol. The molecule has 11 rings (SSSR count). The fourth-order valence-corrected chi connectivity index (χ4v) is 8.58. The van der Waals surface area contributed by atoms with E-state index >= 15 is 0 Å². The SMILES string of the molecule is c1ccc(N(c2ccccc2)c2ccc(N(c3ccc(-c4cccc(-c5c6ccccc6nc6c5ccc5cccnc56)c4)cc3)c3ccc4ccccc4c3)cc2)cc1. The van der Waals surface area contributed by atoms with Crippen molar-refractivity contribution in [2.45, 2.75) is 0 Å². The molecule has 0 atom stereocenters. The van der Waals surface area contributed by atoms with Gasteiger partial charge in [-0.15, -0.1) is 0 Å². The van der Waals surface area contributed by atoms with Crippen LogP contribution in [0.5, 0.6) is 0 Å². The second-order valence-electron chi connectivity index (χ2n) is 15.1. The van der Waals surface area contributed by atoms with Gasteiger partial charge in [-0.25, -0.2) is 4.98 Å². The molecular formula is C56H38N4. The summed E-state index contributed by atoms with van der Waals surface area (Å²) in [5.41, 5.74) is 14.0. The van der Waals surface area contributed by atoms with E-state index in [-0.39, 0.29) is 0 Å². The van der Waals surface area contributed by atoms with Gasteiger partial charge in [-0.2, -0.15) is 0 Å². The first kappa shape index (κ1) is 35.1. The number of anilines is 6. The van der Waals surface area contributed by atoms with Gasteiger partial charge in [-0.3, -0.25) is 4.98 Å². The molecule has 282 valence electrons. The molecule has 0 aliphatic rings. The molecule has 4 nitrogen and oxygen atoms in total. The van der Waals surface area contributed by atoms with Gasteiger partial charge >= 0.3 is 0 Å². The van der Waals surface area contributed by atoms with Gasteiger partial charge in [-0.05, 0) is 118 Å². The quantitative estimate of drug-likeness (QED) is 0.114. The standard InChI is InChI=1S/C56H38N4/c1-3-18-45(19-4-1)59(46-20-5-2-6-21-46)48-31-33-49(34-32-48)60(50-30-26-39-13-7-8-14-43(39)38-50)47-28-24-40(25-29-47)42-15-11-16-44(37-42)54-51-22-9-10-23-53(51)58-56-52(54)35-27-41-17-12-36-57-55(41)56/h1-38H. The number of benzene rings is 9. The van der Waals surface area contributed by atoms with Crippen LogP contribution in [0.1, 0.15) is 0 Å². The third-order valence-electron chi connectivity index (χ3n) is 11.4. The molecule has 0 fully saturated rings. The lowest BCUT2D eigenvalue weighted by atomic mass is 9.93. The summed E-state index contributed by atoms with van der Waals surface area (Å²) in [6, 6.07) is 79.9. The Morgan fingerprint density at radius 1 is 0.300 bits per heavy atom. The molecule has 0 aliphatic heterocycles. The van der Waals surface area contributed by atoms with Crippen LogP contribution in [0, 0.1) is 0 Å². The molecule has 0 N–H and O–H groups in total. The van der Waals surface area contributed by atoms with E-state index in [4.69, 9.17) is 9.97 Å². The van der Waals surface area contributed by atoms with E-state index in [9.17, 15) is 0 Å². The summed E-state index contributed by atoms with van der Waals surface area (Å²) in [6.45, 7) is 0. The Labute approximate surface area is 348 Å². The number of aromatic nitrogens is 2.